The van der Waals surface area contributed by atoms with Gasteiger partial charge < -0.3 is 11.1 Å². The van der Waals surface area contributed by atoms with E-state index in [4.69, 9.17) is 18.0 Å². The summed E-state index contributed by atoms with van der Waals surface area (Å²) in [6.07, 6.45) is 0. The van der Waals surface area contributed by atoms with E-state index in [2.05, 4.69) is 35.0 Å². The molecule has 0 unspecified atom stereocenters. The van der Waals surface area contributed by atoms with Crippen LogP contribution in [0.3, 0.4) is 0 Å². The quantitative estimate of drug-likeness (QED) is 0.283. The van der Waals surface area contributed by atoms with E-state index < -0.39 is 0 Å². The molecule has 6 heteroatoms. The number of rotatable bonds is 2. The van der Waals surface area contributed by atoms with Gasteiger partial charge in [0.1, 0.15) is 0 Å². The van der Waals surface area contributed by atoms with Gasteiger partial charge in [0.15, 0.2) is 10.2 Å². The molecule has 0 aromatic heterocycles. The molecule has 0 aromatic carbocycles. The van der Waals surface area contributed by atoms with Crippen LogP contribution in [0.5, 0.6) is 0 Å². The van der Waals surface area contributed by atoms with Gasteiger partial charge in [-0.05, 0) is 31.4 Å². The lowest BCUT2D eigenvalue weighted by Crippen LogP contribution is -2.48. The van der Waals surface area contributed by atoms with Gasteiger partial charge in [0.25, 0.3) is 0 Å². The molecule has 0 aromatic rings. The summed E-state index contributed by atoms with van der Waals surface area (Å²) in [7, 11) is 0. The van der Waals surface area contributed by atoms with Crippen molar-refractivity contribution in [1.29, 1.82) is 0 Å². The molecule has 0 saturated heterocycles. The summed E-state index contributed by atoms with van der Waals surface area (Å²) in [4.78, 5) is 0. The molecule has 0 aliphatic carbocycles. The van der Waals surface area contributed by atoms with Crippen LogP contribution in [0.4, 0.5) is 0 Å². The molecule has 0 aliphatic heterocycles. The molecule has 0 amide bonds. The maximum absolute atomic E-state index is 5.15. The molecule has 4 nitrogen and oxygen atoms in total. The van der Waals surface area contributed by atoms with Crippen molar-refractivity contribution >= 4 is 34.7 Å². The maximum atomic E-state index is 5.15. The van der Waals surface area contributed by atoms with Gasteiger partial charge in [-0.3, -0.25) is 10.9 Å². The Morgan fingerprint density at radius 1 is 1.42 bits per heavy atom. The smallest absolute Gasteiger partial charge is 0.185 e. The lowest BCUT2D eigenvalue weighted by Gasteiger charge is -2.10. The predicted octanol–water partition coefficient (Wildman–Crippen LogP) is -0.225. The zero-order valence-electron chi connectivity index (χ0n) is 6.81. The minimum Gasteiger partial charge on any atom is -0.375 e. The largest absolute Gasteiger partial charge is 0.375 e. The molecular weight excluding hydrogens is 192 g/mol. The summed E-state index contributed by atoms with van der Waals surface area (Å²) in [6.45, 7) is 6.23. The molecule has 68 valence electrons. The number of thiocarbonyl (C=S) groups is 2. The van der Waals surface area contributed by atoms with E-state index in [1.807, 2.05) is 6.92 Å². The van der Waals surface area contributed by atoms with Crippen molar-refractivity contribution in [3.8, 4) is 0 Å². The van der Waals surface area contributed by atoms with Gasteiger partial charge in [0.05, 0.1) is 0 Å². The Bertz CT molecular complexity index is 182. The van der Waals surface area contributed by atoms with Crippen LogP contribution >= 0.6 is 24.4 Å². The predicted molar refractivity (Wildman–Crippen MR) is 58.5 cm³/mol. The molecule has 0 fully saturated rings. The van der Waals surface area contributed by atoms with E-state index in [0.717, 1.165) is 5.57 Å². The van der Waals surface area contributed by atoms with Gasteiger partial charge in [-0.2, -0.15) is 0 Å². The third-order valence-electron chi connectivity index (χ3n) is 0.850. The highest BCUT2D eigenvalue weighted by molar-refractivity contribution is 7.80. The Hall–Kier alpha value is -0.880. The van der Waals surface area contributed by atoms with E-state index in [9.17, 15) is 0 Å². The second-order valence-corrected chi connectivity index (χ2v) is 3.10. The van der Waals surface area contributed by atoms with Gasteiger partial charge in [-0.1, -0.05) is 12.2 Å². The molecule has 0 aliphatic rings. The van der Waals surface area contributed by atoms with Crippen LogP contribution in [0.1, 0.15) is 6.92 Å². The molecule has 0 saturated carbocycles. The van der Waals surface area contributed by atoms with Crippen LogP contribution in [0.25, 0.3) is 0 Å². The zero-order valence-corrected chi connectivity index (χ0v) is 8.44. The molecule has 0 heterocycles. The van der Waals surface area contributed by atoms with Crippen molar-refractivity contribution in [2.75, 3.05) is 6.54 Å². The second kappa shape index (κ2) is 5.73. The number of nitrogens with two attached hydrogens (primary N) is 1. The van der Waals surface area contributed by atoms with Crippen LogP contribution in [0.2, 0.25) is 0 Å². The van der Waals surface area contributed by atoms with Gasteiger partial charge in [-0.15, -0.1) is 0 Å². The SMILES string of the molecule is C=C(C)CNC(=S)NNC(N)=S. The maximum Gasteiger partial charge on any atom is 0.185 e. The lowest BCUT2D eigenvalue weighted by atomic mass is 10.4. The number of hydrazine groups is 1. The summed E-state index contributed by atoms with van der Waals surface area (Å²) < 4.78 is 0. The third kappa shape index (κ3) is 7.23. The Morgan fingerprint density at radius 3 is 2.42 bits per heavy atom. The molecule has 0 radical (unpaired) electrons. The van der Waals surface area contributed by atoms with Crippen molar-refractivity contribution in [2.45, 2.75) is 6.92 Å². The van der Waals surface area contributed by atoms with Crippen molar-refractivity contribution in [2.24, 2.45) is 5.73 Å². The van der Waals surface area contributed by atoms with E-state index in [1.54, 1.807) is 0 Å². The van der Waals surface area contributed by atoms with Crippen molar-refractivity contribution in [3.05, 3.63) is 12.2 Å². The summed E-state index contributed by atoms with van der Waals surface area (Å²) in [5.41, 5.74) is 11.2. The minimum atomic E-state index is 0.148. The Morgan fingerprint density at radius 2 is 2.00 bits per heavy atom. The molecule has 0 atom stereocenters. The van der Waals surface area contributed by atoms with Crippen LogP contribution in [0, 0.1) is 0 Å². The topological polar surface area (TPSA) is 62.1 Å². The summed E-state index contributed by atoms with van der Waals surface area (Å²) >= 11 is 9.40. The Kier molecular flexibility index (Phi) is 5.31. The van der Waals surface area contributed by atoms with Crippen LogP contribution < -0.4 is 21.9 Å². The van der Waals surface area contributed by atoms with Crippen molar-refractivity contribution in [1.82, 2.24) is 16.2 Å². The van der Waals surface area contributed by atoms with Crippen LogP contribution in [-0.4, -0.2) is 16.8 Å². The highest BCUT2D eigenvalue weighted by Crippen LogP contribution is 1.80. The molecule has 0 rings (SSSR count). The monoisotopic (exact) mass is 204 g/mol. The first-order valence-electron chi connectivity index (χ1n) is 3.26. The summed E-state index contributed by atoms with van der Waals surface area (Å²) in [5, 5.41) is 3.46. The normalized spacial score (nSPS) is 8.42. The fraction of sp³-hybridized carbons (Fsp3) is 0.333. The molecule has 0 bridgehead atoms. The molecule has 5 N–H and O–H groups in total. The van der Waals surface area contributed by atoms with Crippen LogP contribution in [-0.2, 0) is 0 Å². The minimum absolute atomic E-state index is 0.148. The Labute approximate surface area is 82.6 Å². The first-order valence-corrected chi connectivity index (χ1v) is 4.07. The average molecular weight is 204 g/mol. The Balaban J connectivity index is 3.47. The zero-order chi connectivity index (χ0) is 9.56. The van der Waals surface area contributed by atoms with Gasteiger partial charge in [-0.25, -0.2) is 0 Å². The van der Waals surface area contributed by atoms with Crippen LogP contribution in [0.15, 0.2) is 12.2 Å². The second-order valence-electron chi connectivity index (χ2n) is 2.25. The molecular formula is C6H12N4S2. The van der Waals surface area contributed by atoms with Gasteiger partial charge in [0, 0.05) is 6.54 Å². The lowest BCUT2D eigenvalue weighted by molar-refractivity contribution is 0.828. The summed E-state index contributed by atoms with van der Waals surface area (Å²) in [6, 6.07) is 0. The number of nitrogens with one attached hydrogen (secondary N) is 3. The van der Waals surface area contributed by atoms with E-state index in [0.29, 0.717) is 11.7 Å². The number of hydrogen-bond donors (Lipinski definition) is 4. The van der Waals surface area contributed by atoms with Crippen molar-refractivity contribution < 1.29 is 0 Å². The highest BCUT2D eigenvalue weighted by atomic mass is 32.1. The van der Waals surface area contributed by atoms with E-state index in [1.165, 1.54) is 0 Å². The highest BCUT2D eigenvalue weighted by Gasteiger charge is 1.92. The fourth-order valence-corrected chi connectivity index (χ4v) is 0.568. The van der Waals surface area contributed by atoms with E-state index in [-0.39, 0.29) is 5.11 Å². The first kappa shape index (κ1) is 11.1. The van der Waals surface area contributed by atoms with Gasteiger partial charge >= 0.3 is 0 Å². The van der Waals surface area contributed by atoms with E-state index >= 15 is 0 Å². The molecule has 0 spiro atoms. The third-order valence-corrected chi connectivity index (χ3v) is 1.20. The standard InChI is InChI=1S/C6H12N4S2/c1-4(2)3-8-6(12)10-9-5(7)11/h1,3H2,2H3,(H3,7,9,11)(H2,8,10,12). The average Bonchev–Trinajstić information content (AvgIpc) is 1.96. The molecule has 12 heavy (non-hydrogen) atoms. The van der Waals surface area contributed by atoms with Gasteiger partial charge in [0.2, 0.25) is 0 Å². The fourth-order valence-electron chi connectivity index (χ4n) is 0.394. The number of hydrogen-bond acceptors (Lipinski definition) is 2. The first-order chi connectivity index (χ1) is 5.52. The van der Waals surface area contributed by atoms with Crippen molar-refractivity contribution in [3.63, 3.8) is 0 Å². The summed E-state index contributed by atoms with van der Waals surface area (Å²) in [5.74, 6) is 0.